The Morgan fingerprint density at radius 3 is 2.15 bits per heavy atom. The van der Waals surface area contributed by atoms with E-state index in [9.17, 15) is 4.79 Å². The third-order valence-corrected chi connectivity index (χ3v) is 5.72. The molecule has 7 heteroatoms. The second-order valence-corrected chi connectivity index (χ2v) is 7.94. The zero-order valence-electron chi connectivity index (χ0n) is 18.5. The van der Waals surface area contributed by atoms with E-state index < -0.39 is 0 Å². The Labute approximate surface area is 208 Å². The van der Waals surface area contributed by atoms with Crippen molar-refractivity contribution >= 4 is 36.6 Å². The number of para-hydroxylation sites is 1. The number of hydrogen-bond acceptors (Lipinski definition) is 4. The van der Waals surface area contributed by atoms with E-state index in [-0.39, 0.29) is 37.0 Å². The lowest BCUT2D eigenvalue weighted by Crippen LogP contribution is -2.38. The van der Waals surface area contributed by atoms with Crippen molar-refractivity contribution in [1.29, 1.82) is 0 Å². The molecule has 176 valence electrons. The van der Waals surface area contributed by atoms with E-state index >= 15 is 0 Å². The van der Waals surface area contributed by atoms with Gasteiger partial charge in [-0.25, -0.2) is 4.79 Å². The van der Waals surface area contributed by atoms with E-state index in [2.05, 4.69) is 34.5 Å². The molecule has 1 heterocycles. The van der Waals surface area contributed by atoms with E-state index in [4.69, 9.17) is 10.5 Å². The maximum absolute atomic E-state index is 12.5. The lowest BCUT2D eigenvalue weighted by molar-refractivity contribution is 0.0567. The SMILES string of the molecule is Cl.Cl.NCc1ccc(CN2CCC(OC(=O)Nc3ccccc3-c3ccccc3)CC2)cc1. The third kappa shape index (κ3) is 7.47. The number of benzene rings is 3. The summed E-state index contributed by atoms with van der Waals surface area (Å²) in [7, 11) is 0. The van der Waals surface area contributed by atoms with Crippen LogP contribution in [0.25, 0.3) is 11.1 Å². The summed E-state index contributed by atoms with van der Waals surface area (Å²) >= 11 is 0. The molecular weight excluding hydrogens is 457 g/mol. The zero-order chi connectivity index (χ0) is 21.5. The Hall–Kier alpha value is -2.57. The van der Waals surface area contributed by atoms with Crippen molar-refractivity contribution in [3.63, 3.8) is 0 Å². The molecule has 0 unspecified atom stereocenters. The highest BCUT2D eigenvalue weighted by atomic mass is 35.5. The van der Waals surface area contributed by atoms with E-state index in [1.54, 1.807) is 0 Å². The van der Waals surface area contributed by atoms with Crippen LogP contribution in [0.5, 0.6) is 0 Å². The summed E-state index contributed by atoms with van der Waals surface area (Å²) in [6.45, 7) is 3.31. The summed E-state index contributed by atoms with van der Waals surface area (Å²) in [5, 5.41) is 2.93. The van der Waals surface area contributed by atoms with Crippen LogP contribution in [0, 0.1) is 0 Å². The van der Waals surface area contributed by atoms with Crippen LogP contribution in [-0.4, -0.2) is 30.2 Å². The number of ether oxygens (including phenoxy) is 1. The molecule has 0 saturated carbocycles. The molecule has 0 aromatic heterocycles. The van der Waals surface area contributed by atoms with Crippen LogP contribution in [0.2, 0.25) is 0 Å². The molecule has 5 nitrogen and oxygen atoms in total. The van der Waals surface area contributed by atoms with Gasteiger partial charge in [-0.05, 0) is 35.6 Å². The summed E-state index contributed by atoms with van der Waals surface area (Å²) in [5.74, 6) is 0. The molecule has 0 spiro atoms. The van der Waals surface area contributed by atoms with Gasteiger partial charge in [0.2, 0.25) is 0 Å². The van der Waals surface area contributed by atoms with Gasteiger partial charge in [-0.3, -0.25) is 10.2 Å². The Balaban J connectivity index is 0.00000193. The van der Waals surface area contributed by atoms with Crippen molar-refractivity contribution in [2.75, 3.05) is 18.4 Å². The molecule has 0 radical (unpaired) electrons. The fraction of sp³-hybridized carbons (Fsp3) is 0.269. The topological polar surface area (TPSA) is 67.6 Å². The lowest BCUT2D eigenvalue weighted by Gasteiger charge is -2.31. The van der Waals surface area contributed by atoms with E-state index in [1.165, 1.54) is 5.56 Å². The van der Waals surface area contributed by atoms with Gasteiger partial charge >= 0.3 is 6.09 Å². The summed E-state index contributed by atoms with van der Waals surface area (Å²) in [5.41, 5.74) is 10.9. The number of anilines is 1. The second kappa shape index (κ2) is 13.2. The minimum absolute atomic E-state index is 0. The van der Waals surface area contributed by atoms with Gasteiger partial charge in [-0.15, -0.1) is 24.8 Å². The van der Waals surface area contributed by atoms with Crippen LogP contribution in [0.15, 0.2) is 78.9 Å². The molecule has 4 rings (SSSR count). The first-order valence-electron chi connectivity index (χ1n) is 10.8. The molecular formula is C26H31Cl2N3O2. The molecule has 1 amide bonds. The molecule has 0 bridgehead atoms. The number of carbonyl (C=O) groups excluding carboxylic acids is 1. The summed E-state index contributed by atoms with van der Waals surface area (Å²) in [6, 6.07) is 26.3. The summed E-state index contributed by atoms with van der Waals surface area (Å²) < 4.78 is 5.72. The molecule has 1 saturated heterocycles. The van der Waals surface area contributed by atoms with Crippen LogP contribution in [0.1, 0.15) is 24.0 Å². The molecule has 1 aliphatic heterocycles. The van der Waals surface area contributed by atoms with Crippen molar-refractivity contribution in [1.82, 2.24) is 4.90 Å². The fourth-order valence-electron chi connectivity index (χ4n) is 3.98. The smallest absolute Gasteiger partial charge is 0.411 e. The standard InChI is InChI=1S/C26H29N3O2.2ClH/c27-18-20-10-12-21(13-11-20)19-29-16-14-23(15-17-29)31-26(30)28-25-9-5-4-8-24(25)22-6-2-1-3-7-22;;/h1-13,23H,14-19,27H2,(H,28,30);2*1H. The van der Waals surface area contributed by atoms with Gasteiger partial charge in [-0.2, -0.15) is 0 Å². The number of likely N-dealkylation sites (tertiary alicyclic amines) is 1. The maximum atomic E-state index is 12.5. The molecule has 33 heavy (non-hydrogen) atoms. The number of halogens is 2. The van der Waals surface area contributed by atoms with Gasteiger partial charge in [-0.1, -0.05) is 72.8 Å². The maximum Gasteiger partial charge on any atom is 0.411 e. The number of nitrogens with two attached hydrogens (primary N) is 1. The fourth-order valence-corrected chi connectivity index (χ4v) is 3.98. The number of rotatable bonds is 6. The number of nitrogens with zero attached hydrogens (tertiary/aromatic N) is 1. The monoisotopic (exact) mass is 487 g/mol. The van der Waals surface area contributed by atoms with Gasteiger partial charge < -0.3 is 10.5 Å². The minimum Gasteiger partial charge on any atom is -0.446 e. The van der Waals surface area contributed by atoms with E-state index in [0.717, 1.165) is 54.9 Å². The summed E-state index contributed by atoms with van der Waals surface area (Å²) in [4.78, 5) is 14.9. The zero-order valence-corrected chi connectivity index (χ0v) is 20.1. The lowest BCUT2D eigenvalue weighted by atomic mass is 10.0. The Morgan fingerprint density at radius 2 is 1.48 bits per heavy atom. The van der Waals surface area contributed by atoms with Gasteiger partial charge in [0.15, 0.2) is 0 Å². The highest BCUT2D eigenvalue weighted by molar-refractivity contribution is 5.91. The molecule has 3 N–H and O–H groups in total. The molecule has 3 aromatic carbocycles. The van der Waals surface area contributed by atoms with Gasteiger partial charge in [0.05, 0.1) is 5.69 Å². The quantitative estimate of drug-likeness (QED) is 0.456. The van der Waals surface area contributed by atoms with Crippen LogP contribution in [-0.2, 0) is 17.8 Å². The van der Waals surface area contributed by atoms with Crippen LogP contribution in [0.3, 0.4) is 0 Å². The average molecular weight is 488 g/mol. The van der Waals surface area contributed by atoms with Crippen LogP contribution >= 0.6 is 24.8 Å². The first-order valence-corrected chi connectivity index (χ1v) is 10.8. The van der Waals surface area contributed by atoms with E-state index in [1.807, 2.05) is 54.6 Å². The number of nitrogens with one attached hydrogen (secondary N) is 1. The van der Waals surface area contributed by atoms with Crippen molar-refractivity contribution in [3.05, 3.63) is 90.0 Å². The minimum atomic E-state index is -0.390. The Bertz CT molecular complexity index is 992. The predicted octanol–water partition coefficient (Wildman–Crippen LogP) is 5.87. The number of hydrogen-bond donors (Lipinski definition) is 2. The highest BCUT2D eigenvalue weighted by Crippen LogP contribution is 2.28. The van der Waals surface area contributed by atoms with Crippen LogP contribution in [0.4, 0.5) is 10.5 Å². The predicted molar refractivity (Wildman–Crippen MR) is 139 cm³/mol. The molecule has 1 aliphatic rings. The molecule has 1 fully saturated rings. The number of carbonyl (C=O) groups is 1. The third-order valence-electron chi connectivity index (χ3n) is 5.72. The Morgan fingerprint density at radius 1 is 0.879 bits per heavy atom. The first kappa shape index (κ1) is 26.7. The number of piperidine rings is 1. The highest BCUT2D eigenvalue weighted by Gasteiger charge is 2.22. The van der Waals surface area contributed by atoms with Crippen molar-refractivity contribution in [2.24, 2.45) is 5.73 Å². The molecule has 3 aromatic rings. The Kier molecular flexibility index (Phi) is 10.7. The van der Waals surface area contributed by atoms with E-state index in [0.29, 0.717) is 6.54 Å². The van der Waals surface area contributed by atoms with Crippen molar-refractivity contribution in [3.8, 4) is 11.1 Å². The van der Waals surface area contributed by atoms with Crippen LogP contribution < -0.4 is 11.1 Å². The van der Waals surface area contributed by atoms with Gasteiger partial charge in [0.1, 0.15) is 6.10 Å². The van der Waals surface area contributed by atoms with Gasteiger partial charge in [0.25, 0.3) is 0 Å². The largest absolute Gasteiger partial charge is 0.446 e. The molecule has 0 aliphatic carbocycles. The molecule has 0 atom stereocenters. The number of amides is 1. The normalized spacial score (nSPS) is 14.0. The first-order chi connectivity index (χ1) is 15.2. The summed E-state index contributed by atoms with van der Waals surface area (Å²) in [6.07, 6.45) is 1.24. The van der Waals surface area contributed by atoms with Crippen molar-refractivity contribution < 1.29 is 9.53 Å². The van der Waals surface area contributed by atoms with Crippen molar-refractivity contribution in [2.45, 2.75) is 32.0 Å². The average Bonchev–Trinajstić information content (AvgIpc) is 2.82. The second-order valence-electron chi connectivity index (χ2n) is 7.94. The van der Waals surface area contributed by atoms with Gasteiger partial charge in [0, 0.05) is 31.7 Å².